The lowest BCUT2D eigenvalue weighted by Crippen LogP contribution is -2.26. The first-order valence-electron chi connectivity index (χ1n) is 7.08. The predicted octanol–water partition coefficient (Wildman–Crippen LogP) is 5.49. The Balaban J connectivity index is 2.16. The van der Waals surface area contributed by atoms with Crippen molar-refractivity contribution in [3.8, 4) is 0 Å². The summed E-state index contributed by atoms with van der Waals surface area (Å²) >= 11 is 7.20. The Labute approximate surface area is 136 Å². The molecular weight excluding hydrogens is 386 g/mol. The molecule has 3 nitrogen and oxygen atoms in total. The average molecular weight is 405 g/mol. The van der Waals surface area contributed by atoms with Gasteiger partial charge in [-0.3, -0.25) is 10.1 Å². The van der Waals surface area contributed by atoms with Gasteiger partial charge in [0.05, 0.1) is 9.40 Å². The van der Waals surface area contributed by atoms with Gasteiger partial charge in [-0.15, -0.1) is 0 Å². The zero-order chi connectivity index (χ0) is 14.7. The van der Waals surface area contributed by atoms with Crippen molar-refractivity contribution in [3.63, 3.8) is 0 Å². The molecule has 1 aromatic rings. The van der Waals surface area contributed by atoms with Crippen molar-refractivity contribution in [2.24, 2.45) is 11.8 Å². The molecule has 5 heteroatoms. The van der Waals surface area contributed by atoms with Gasteiger partial charge in [-0.2, -0.15) is 0 Å². The van der Waals surface area contributed by atoms with Crippen LogP contribution in [0.2, 0.25) is 0 Å². The topological polar surface area (TPSA) is 43.1 Å². The van der Waals surface area contributed by atoms with Gasteiger partial charge in [-0.05, 0) is 59.0 Å². The molecule has 0 bridgehead atoms. The van der Waals surface area contributed by atoms with Crippen molar-refractivity contribution < 1.29 is 4.92 Å². The fraction of sp³-hybridized carbons (Fsp3) is 0.600. The molecule has 0 saturated heterocycles. The maximum Gasteiger partial charge on any atom is 0.283 e. The van der Waals surface area contributed by atoms with Crippen molar-refractivity contribution >= 4 is 37.5 Å². The van der Waals surface area contributed by atoms with Crippen LogP contribution in [0.5, 0.6) is 0 Å². The predicted molar refractivity (Wildman–Crippen MR) is 88.3 cm³/mol. The maximum absolute atomic E-state index is 11.0. The minimum absolute atomic E-state index is 0.163. The third-order valence-electron chi connectivity index (χ3n) is 4.31. The summed E-state index contributed by atoms with van der Waals surface area (Å²) in [6.45, 7) is 2.25. The van der Waals surface area contributed by atoms with Crippen LogP contribution >= 0.6 is 31.9 Å². The molecular formula is C15H19Br2NO2. The quantitative estimate of drug-likeness (QED) is 0.378. The number of benzene rings is 1. The van der Waals surface area contributed by atoms with E-state index in [0.29, 0.717) is 15.2 Å². The third kappa shape index (κ3) is 3.61. The summed E-state index contributed by atoms with van der Waals surface area (Å²) in [5, 5.41) is 11.0. The first-order chi connectivity index (χ1) is 9.52. The van der Waals surface area contributed by atoms with Crippen molar-refractivity contribution in [2.75, 3.05) is 0 Å². The summed E-state index contributed by atoms with van der Waals surface area (Å²) in [5.41, 5.74) is 1.21. The van der Waals surface area contributed by atoms with Gasteiger partial charge < -0.3 is 0 Å². The van der Waals surface area contributed by atoms with Gasteiger partial charge in [-0.25, -0.2) is 0 Å². The molecule has 3 atom stereocenters. The highest BCUT2D eigenvalue weighted by atomic mass is 79.9. The SMILES string of the molecule is CCC1CCC(Br)C(Cc2cccc([N+](=O)[O-])c2Br)C1. The molecule has 0 aromatic heterocycles. The highest BCUT2D eigenvalue weighted by Crippen LogP contribution is 2.39. The third-order valence-corrected chi connectivity index (χ3v) is 6.43. The van der Waals surface area contributed by atoms with Crippen LogP contribution < -0.4 is 0 Å². The van der Waals surface area contributed by atoms with E-state index in [-0.39, 0.29) is 10.6 Å². The molecule has 0 N–H and O–H groups in total. The number of nitro groups is 1. The van der Waals surface area contributed by atoms with Crippen LogP contribution in [0.1, 0.15) is 38.2 Å². The van der Waals surface area contributed by atoms with Gasteiger partial charge in [0.2, 0.25) is 0 Å². The van der Waals surface area contributed by atoms with E-state index in [1.54, 1.807) is 12.1 Å². The number of alkyl halides is 1. The normalized spacial score (nSPS) is 26.4. The van der Waals surface area contributed by atoms with Crippen LogP contribution in [0.4, 0.5) is 5.69 Å². The van der Waals surface area contributed by atoms with Crippen LogP contribution in [0.25, 0.3) is 0 Å². The molecule has 1 aliphatic carbocycles. The summed E-state index contributed by atoms with van der Waals surface area (Å²) < 4.78 is 0.642. The molecule has 110 valence electrons. The van der Waals surface area contributed by atoms with E-state index in [2.05, 4.69) is 38.8 Å². The molecule has 20 heavy (non-hydrogen) atoms. The smallest absolute Gasteiger partial charge is 0.258 e. The number of halogens is 2. The molecule has 1 saturated carbocycles. The Morgan fingerprint density at radius 3 is 2.80 bits per heavy atom. The molecule has 0 spiro atoms. The fourth-order valence-corrected chi connectivity index (χ4v) is 4.29. The molecule has 0 radical (unpaired) electrons. The second-order valence-electron chi connectivity index (χ2n) is 5.57. The Kier molecular flexibility index (Phi) is 5.61. The summed E-state index contributed by atoms with van der Waals surface area (Å²) in [6, 6.07) is 5.32. The van der Waals surface area contributed by atoms with Crippen molar-refractivity contribution in [2.45, 2.75) is 43.9 Å². The lowest BCUT2D eigenvalue weighted by molar-refractivity contribution is -0.385. The molecule has 0 amide bonds. The fourth-order valence-electron chi connectivity index (χ4n) is 3.05. The monoisotopic (exact) mass is 403 g/mol. The van der Waals surface area contributed by atoms with Crippen LogP contribution in [0, 0.1) is 22.0 Å². The van der Waals surface area contributed by atoms with E-state index >= 15 is 0 Å². The van der Waals surface area contributed by atoms with Crippen molar-refractivity contribution in [3.05, 3.63) is 38.3 Å². The Morgan fingerprint density at radius 2 is 2.15 bits per heavy atom. The molecule has 1 aliphatic rings. The number of hydrogen-bond donors (Lipinski definition) is 0. The van der Waals surface area contributed by atoms with E-state index in [0.717, 1.165) is 17.9 Å². The summed E-state index contributed by atoms with van der Waals surface area (Å²) in [6.07, 6.45) is 5.83. The van der Waals surface area contributed by atoms with Gasteiger partial charge in [0, 0.05) is 10.9 Å². The maximum atomic E-state index is 11.0. The highest BCUT2D eigenvalue weighted by Gasteiger charge is 2.29. The van der Waals surface area contributed by atoms with Crippen molar-refractivity contribution in [1.82, 2.24) is 0 Å². The summed E-state index contributed by atoms with van der Waals surface area (Å²) in [7, 11) is 0. The van der Waals surface area contributed by atoms with Crippen LogP contribution in [0.15, 0.2) is 22.7 Å². The number of rotatable bonds is 4. The minimum atomic E-state index is -0.324. The molecule has 3 unspecified atom stereocenters. The van der Waals surface area contributed by atoms with Gasteiger partial charge in [0.1, 0.15) is 0 Å². The minimum Gasteiger partial charge on any atom is -0.258 e. The molecule has 0 heterocycles. The van der Waals surface area contributed by atoms with Crippen LogP contribution in [0.3, 0.4) is 0 Å². The van der Waals surface area contributed by atoms with Gasteiger partial charge >= 0.3 is 0 Å². The Bertz CT molecular complexity index is 493. The molecule has 1 fully saturated rings. The second-order valence-corrected chi connectivity index (χ2v) is 7.54. The molecule has 0 aliphatic heterocycles. The molecule has 2 rings (SSSR count). The van der Waals surface area contributed by atoms with Crippen LogP contribution in [-0.4, -0.2) is 9.75 Å². The second kappa shape index (κ2) is 7.03. The summed E-state index contributed by atoms with van der Waals surface area (Å²) in [5.74, 6) is 1.36. The largest absolute Gasteiger partial charge is 0.283 e. The number of hydrogen-bond acceptors (Lipinski definition) is 2. The van der Waals surface area contributed by atoms with E-state index in [4.69, 9.17) is 0 Å². The van der Waals surface area contributed by atoms with Crippen molar-refractivity contribution in [1.29, 1.82) is 0 Å². The lowest BCUT2D eigenvalue weighted by atomic mass is 9.77. The van der Waals surface area contributed by atoms with Gasteiger partial charge in [0.15, 0.2) is 0 Å². The standard InChI is InChI=1S/C15H19Br2NO2/c1-2-10-6-7-13(16)12(8-10)9-11-4-3-5-14(15(11)17)18(19)20/h3-5,10,12-13H,2,6-9H2,1H3. The van der Waals surface area contributed by atoms with E-state index in [9.17, 15) is 10.1 Å². The summed E-state index contributed by atoms with van der Waals surface area (Å²) in [4.78, 5) is 11.2. The Hall–Kier alpha value is -0.420. The van der Waals surface area contributed by atoms with E-state index in [1.807, 2.05) is 6.07 Å². The zero-order valence-electron chi connectivity index (χ0n) is 11.5. The average Bonchev–Trinajstić information content (AvgIpc) is 2.43. The van der Waals surface area contributed by atoms with Crippen LogP contribution in [-0.2, 0) is 6.42 Å². The lowest BCUT2D eigenvalue weighted by Gasteiger charge is -2.33. The van der Waals surface area contributed by atoms with E-state index < -0.39 is 0 Å². The number of nitrogens with zero attached hydrogens (tertiary/aromatic N) is 1. The van der Waals surface area contributed by atoms with Gasteiger partial charge in [-0.1, -0.05) is 41.4 Å². The molecule has 1 aromatic carbocycles. The van der Waals surface area contributed by atoms with Gasteiger partial charge in [0.25, 0.3) is 5.69 Å². The Morgan fingerprint density at radius 1 is 1.40 bits per heavy atom. The first-order valence-corrected chi connectivity index (χ1v) is 8.79. The highest BCUT2D eigenvalue weighted by molar-refractivity contribution is 9.10. The zero-order valence-corrected chi connectivity index (χ0v) is 14.7. The van der Waals surface area contributed by atoms with E-state index in [1.165, 1.54) is 25.7 Å². The number of nitro benzene ring substituents is 1. The first kappa shape index (κ1) is 16.0.